The van der Waals surface area contributed by atoms with Crippen molar-refractivity contribution in [3.63, 3.8) is 0 Å². The van der Waals surface area contributed by atoms with Crippen LogP contribution in [-0.2, 0) is 0 Å². The molecule has 0 saturated heterocycles. The fourth-order valence-corrected chi connectivity index (χ4v) is 6.11. The van der Waals surface area contributed by atoms with E-state index in [-0.39, 0.29) is 12.3 Å². The zero-order valence-corrected chi connectivity index (χ0v) is 24.6. The Hall–Kier alpha value is -5.45. The number of benzene rings is 6. The molecule has 44 heavy (non-hydrogen) atoms. The lowest BCUT2D eigenvalue weighted by atomic mass is 9.92. The molecule has 2 unspecified atom stereocenters. The molecule has 0 amide bonds. The number of hydrogen-bond acceptors (Lipinski definition) is 4. The SMILES string of the molecule is C/C=C\c1c(N)cccc1-c1ccc(-c2ccc(C3N=C(c4ccccc4)NC(c4ccccc4)N3)c3ccccc23)cc1. The minimum Gasteiger partial charge on any atom is -0.398 e. The summed E-state index contributed by atoms with van der Waals surface area (Å²) in [7, 11) is 0. The predicted octanol–water partition coefficient (Wildman–Crippen LogP) is 9.13. The van der Waals surface area contributed by atoms with Crippen molar-refractivity contribution in [2.45, 2.75) is 19.3 Å². The number of rotatable bonds is 6. The summed E-state index contributed by atoms with van der Waals surface area (Å²) in [5.41, 5.74) is 16.2. The second kappa shape index (κ2) is 12.0. The van der Waals surface area contributed by atoms with Crippen molar-refractivity contribution in [2.75, 3.05) is 5.73 Å². The van der Waals surface area contributed by atoms with E-state index in [9.17, 15) is 0 Å². The molecule has 1 aliphatic heterocycles. The van der Waals surface area contributed by atoms with Crippen LogP contribution in [-0.4, -0.2) is 5.84 Å². The maximum atomic E-state index is 6.32. The van der Waals surface area contributed by atoms with Gasteiger partial charge in [0, 0.05) is 16.8 Å². The van der Waals surface area contributed by atoms with E-state index in [2.05, 4.69) is 132 Å². The number of hydrogen-bond donors (Lipinski definition) is 3. The van der Waals surface area contributed by atoms with Gasteiger partial charge in [-0.2, -0.15) is 0 Å². The van der Waals surface area contributed by atoms with Gasteiger partial charge in [-0.05, 0) is 57.1 Å². The average molecular weight is 571 g/mol. The van der Waals surface area contributed by atoms with Crippen molar-refractivity contribution >= 4 is 28.4 Å². The smallest absolute Gasteiger partial charge is 0.131 e. The van der Waals surface area contributed by atoms with Crippen LogP contribution in [0.25, 0.3) is 39.1 Å². The van der Waals surface area contributed by atoms with E-state index in [1.807, 2.05) is 37.3 Å². The summed E-state index contributed by atoms with van der Waals surface area (Å²) in [5.74, 6) is 0.880. The Labute approximate surface area is 258 Å². The van der Waals surface area contributed by atoms with E-state index < -0.39 is 0 Å². The first-order chi connectivity index (χ1) is 21.7. The molecule has 4 heteroatoms. The monoisotopic (exact) mass is 570 g/mol. The van der Waals surface area contributed by atoms with Gasteiger partial charge in [0.15, 0.2) is 0 Å². The third kappa shape index (κ3) is 5.28. The fraction of sp³-hybridized carbons (Fsp3) is 0.0750. The van der Waals surface area contributed by atoms with E-state index in [0.717, 1.165) is 39.3 Å². The summed E-state index contributed by atoms with van der Waals surface area (Å²) in [6.45, 7) is 2.02. The molecule has 0 spiro atoms. The normalized spacial score (nSPS) is 16.5. The van der Waals surface area contributed by atoms with Gasteiger partial charge >= 0.3 is 0 Å². The van der Waals surface area contributed by atoms with Crippen LogP contribution < -0.4 is 16.4 Å². The van der Waals surface area contributed by atoms with Crippen molar-refractivity contribution in [1.29, 1.82) is 0 Å². The number of nitrogens with zero attached hydrogens (tertiary/aromatic N) is 1. The highest BCUT2D eigenvalue weighted by molar-refractivity contribution is 6.01. The highest BCUT2D eigenvalue weighted by Gasteiger charge is 2.26. The molecular weight excluding hydrogens is 536 g/mol. The molecule has 0 aliphatic carbocycles. The van der Waals surface area contributed by atoms with Crippen molar-refractivity contribution in [3.05, 3.63) is 168 Å². The number of amidine groups is 1. The topological polar surface area (TPSA) is 62.4 Å². The Morgan fingerprint density at radius 2 is 1.27 bits per heavy atom. The van der Waals surface area contributed by atoms with Crippen LogP contribution in [0.4, 0.5) is 5.69 Å². The zero-order valence-electron chi connectivity index (χ0n) is 24.6. The largest absolute Gasteiger partial charge is 0.398 e. The van der Waals surface area contributed by atoms with Gasteiger partial charge in [0.2, 0.25) is 0 Å². The third-order valence-corrected chi connectivity index (χ3v) is 8.28. The highest BCUT2D eigenvalue weighted by atomic mass is 15.3. The first-order valence-electron chi connectivity index (χ1n) is 15.0. The fourth-order valence-electron chi connectivity index (χ4n) is 6.11. The minimum atomic E-state index is -0.230. The van der Waals surface area contributed by atoms with Crippen LogP contribution in [0.15, 0.2) is 151 Å². The molecule has 0 saturated carbocycles. The summed E-state index contributed by atoms with van der Waals surface area (Å²) < 4.78 is 0. The molecule has 214 valence electrons. The van der Waals surface area contributed by atoms with Crippen LogP contribution in [0.2, 0.25) is 0 Å². The molecule has 0 radical (unpaired) electrons. The Morgan fingerprint density at radius 1 is 0.614 bits per heavy atom. The summed E-state index contributed by atoms with van der Waals surface area (Å²) in [6, 6.07) is 48.8. The molecule has 4 nitrogen and oxygen atoms in total. The maximum Gasteiger partial charge on any atom is 0.131 e. The average Bonchev–Trinajstić information content (AvgIpc) is 3.09. The first-order valence-corrected chi connectivity index (χ1v) is 15.0. The van der Waals surface area contributed by atoms with Gasteiger partial charge < -0.3 is 11.1 Å². The van der Waals surface area contributed by atoms with Gasteiger partial charge in [0.25, 0.3) is 0 Å². The second-order valence-corrected chi connectivity index (χ2v) is 11.0. The summed E-state index contributed by atoms with van der Waals surface area (Å²) >= 11 is 0. The Bertz CT molecular complexity index is 1980. The predicted molar refractivity (Wildman–Crippen MR) is 185 cm³/mol. The maximum absolute atomic E-state index is 6.32. The van der Waals surface area contributed by atoms with Crippen molar-refractivity contribution < 1.29 is 0 Å². The number of nitrogen functional groups attached to an aromatic ring is 1. The lowest BCUT2D eigenvalue weighted by molar-refractivity contribution is 0.410. The molecule has 0 bridgehead atoms. The van der Waals surface area contributed by atoms with Gasteiger partial charge in [-0.1, -0.05) is 146 Å². The van der Waals surface area contributed by atoms with Gasteiger partial charge in [-0.15, -0.1) is 0 Å². The number of anilines is 1. The Morgan fingerprint density at radius 3 is 2.00 bits per heavy atom. The quantitative estimate of drug-likeness (QED) is 0.175. The molecule has 1 aliphatic rings. The van der Waals surface area contributed by atoms with E-state index >= 15 is 0 Å². The van der Waals surface area contributed by atoms with E-state index in [1.165, 1.54) is 27.5 Å². The Balaban J connectivity index is 1.29. The molecule has 7 rings (SSSR count). The van der Waals surface area contributed by atoms with E-state index in [4.69, 9.17) is 10.7 Å². The van der Waals surface area contributed by atoms with Crippen LogP contribution in [0.1, 0.15) is 41.5 Å². The number of nitrogens with one attached hydrogen (secondary N) is 2. The van der Waals surface area contributed by atoms with Crippen molar-refractivity contribution in [3.8, 4) is 22.3 Å². The molecule has 0 fully saturated rings. The van der Waals surface area contributed by atoms with E-state index in [0.29, 0.717) is 0 Å². The standard InChI is InChI=1S/C40H34N4/c1-2-12-35-31(19-11-20-37(35)41)27-21-23-28(24-22-27)32-25-26-36(34-18-10-9-17-33(32)34)40-43-38(29-13-5-3-6-14-29)42-39(44-40)30-15-7-4-8-16-30/h2-26,38,40,43H,41H2,1H3,(H,42,44)/b12-2-. The summed E-state index contributed by atoms with van der Waals surface area (Å²) in [5, 5.41) is 9.78. The van der Waals surface area contributed by atoms with E-state index in [1.54, 1.807) is 0 Å². The van der Waals surface area contributed by atoms with Crippen molar-refractivity contribution in [2.24, 2.45) is 4.99 Å². The zero-order chi connectivity index (χ0) is 29.9. The van der Waals surface area contributed by atoms with Crippen LogP contribution in [0.5, 0.6) is 0 Å². The second-order valence-electron chi connectivity index (χ2n) is 11.0. The van der Waals surface area contributed by atoms with Gasteiger partial charge in [0.05, 0.1) is 0 Å². The van der Waals surface area contributed by atoms with Gasteiger partial charge in [-0.25, -0.2) is 4.99 Å². The lowest BCUT2D eigenvalue weighted by Gasteiger charge is -2.32. The molecule has 0 aromatic heterocycles. The number of aliphatic imine (C=N–C) groups is 1. The molecule has 2 atom stereocenters. The number of fused-ring (bicyclic) bond motifs is 1. The van der Waals surface area contributed by atoms with Crippen LogP contribution in [0, 0.1) is 0 Å². The molecule has 6 aromatic rings. The van der Waals surface area contributed by atoms with Crippen LogP contribution >= 0.6 is 0 Å². The molecular formula is C40H34N4. The highest BCUT2D eigenvalue weighted by Crippen LogP contribution is 2.37. The number of allylic oxidation sites excluding steroid dienone is 1. The molecule has 6 aromatic carbocycles. The summed E-state index contributed by atoms with van der Waals surface area (Å²) in [6.07, 6.45) is 3.79. The van der Waals surface area contributed by atoms with Crippen LogP contribution in [0.3, 0.4) is 0 Å². The third-order valence-electron chi connectivity index (χ3n) is 8.28. The summed E-state index contributed by atoms with van der Waals surface area (Å²) in [4.78, 5) is 5.20. The van der Waals surface area contributed by atoms with Gasteiger partial charge in [-0.3, -0.25) is 5.32 Å². The minimum absolute atomic E-state index is 0.0839. The lowest BCUT2D eigenvalue weighted by Crippen LogP contribution is -2.45. The number of nitrogens with two attached hydrogens (primary N) is 1. The Kier molecular flexibility index (Phi) is 7.49. The first kappa shape index (κ1) is 27.4. The van der Waals surface area contributed by atoms with Crippen molar-refractivity contribution in [1.82, 2.24) is 10.6 Å². The molecule has 1 heterocycles. The van der Waals surface area contributed by atoms with Gasteiger partial charge in [0.1, 0.15) is 18.2 Å². The molecule has 4 N–H and O–H groups in total.